The average molecular weight is 234 g/mol. The van der Waals surface area contributed by atoms with E-state index in [-0.39, 0.29) is 0 Å². The SMILES string of the molecule is N#Cc1ccc(SCC2CCCO2)cc1N. The van der Waals surface area contributed by atoms with E-state index in [1.807, 2.05) is 12.1 Å². The highest BCUT2D eigenvalue weighted by atomic mass is 32.2. The molecule has 1 unspecified atom stereocenters. The van der Waals surface area contributed by atoms with E-state index in [9.17, 15) is 0 Å². The van der Waals surface area contributed by atoms with Crippen LogP contribution in [0.4, 0.5) is 5.69 Å². The van der Waals surface area contributed by atoms with Crippen molar-refractivity contribution in [2.45, 2.75) is 23.8 Å². The molecule has 2 N–H and O–H groups in total. The molecule has 16 heavy (non-hydrogen) atoms. The predicted molar refractivity (Wildman–Crippen MR) is 65.3 cm³/mol. The van der Waals surface area contributed by atoms with Gasteiger partial charge in [0.15, 0.2) is 0 Å². The van der Waals surface area contributed by atoms with E-state index in [1.165, 1.54) is 6.42 Å². The average Bonchev–Trinajstić information content (AvgIpc) is 2.79. The molecule has 1 atom stereocenters. The monoisotopic (exact) mass is 234 g/mol. The lowest BCUT2D eigenvalue weighted by molar-refractivity contribution is 0.129. The van der Waals surface area contributed by atoms with Crippen LogP contribution in [-0.4, -0.2) is 18.5 Å². The van der Waals surface area contributed by atoms with Crippen LogP contribution in [0, 0.1) is 11.3 Å². The van der Waals surface area contributed by atoms with Gasteiger partial charge in [-0.05, 0) is 31.0 Å². The van der Waals surface area contributed by atoms with E-state index in [2.05, 4.69) is 6.07 Å². The van der Waals surface area contributed by atoms with E-state index in [1.54, 1.807) is 17.8 Å². The van der Waals surface area contributed by atoms with Crippen molar-refractivity contribution in [1.29, 1.82) is 5.26 Å². The number of hydrogen-bond acceptors (Lipinski definition) is 4. The van der Waals surface area contributed by atoms with Crippen molar-refractivity contribution in [2.75, 3.05) is 18.1 Å². The fourth-order valence-corrected chi connectivity index (χ4v) is 2.71. The molecule has 1 saturated heterocycles. The third-order valence-corrected chi connectivity index (χ3v) is 3.73. The fraction of sp³-hybridized carbons (Fsp3) is 0.417. The van der Waals surface area contributed by atoms with Gasteiger partial charge >= 0.3 is 0 Å². The zero-order valence-corrected chi connectivity index (χ0v) is 9.80. The summed E-state index contributed by atoms with van der Waals surface area (Å²) in [5, 5.41) is 8.76. The topological polar surface area (TPSA) is 59.0 Å². The van der Waals surface area contributed by atoms with Crippen LogP contribution in [0.5, 0.6) is 0 Å². The molecular weight excluding hydrogens is 220 g/mol. The maximum Gasteiger partial charge on any atom is 0.101 e. The molecule has 0 radical (unpaired) electrons. The van der Waals surface area contributed by atoms with Gasteiger partial charge in [-0.25, -0.2) is 0 Å². The Balaban J connectivity index is 1.94. The van der Waals surface area contributed by atoms with Crippen molar-refractivity contribution in [3.8, 4) is 6.07 Å². The number of rotatable bonds is 3. The lowest BCUT2D eigenvalue weighted by atomic mass is 10.2. The lowest BCUT2D eigenvalue weighted by Crippen LogP contribution is -2.07. The molecule has 0 spiro atoms. The van der Waals surface area contributed by atoms with Gasteiger partial charge in [0.2, 0.25) is 0 Å². The van der Waals surface area contributed by atoms with Crippen molar-refractivity contribution in [3.05, 3.63) is 23.8 Å². The summed E-state index contributed by atoms with van der Waals surface area (Å²) in [4.78, 5) is 1.10. The number of nitrogens with two attached hydrogens (primary N) is 1. The summed E-state index contributed by atoms with van der Waals surface area (Å²) in [7, 11) is 0. The number of nitriles is 1. The summed E-state index contributed by atoms with van der Waals surface area (Å²) in [5.41, 5.74) is 6.85. The van der Waals surface area contributed by atoms with Crippen LogP contribution >= 0.6 is 11.8 Å². The van der Waals surface area contributed by atoms with Gasteiger partial charge in [0.1, 0.15) is 6.07 Å². The van der Waals surface area contributed by atoms with E-state index in [0.29, 0.717) is 17.4 Å². The van der Waals surface area contributed by atoms with Crippen LogP contribution in [-0.2, 0) is 4.74 Å². The van der Waals surface area contributed by atoms with Crippen molar-refractivity contribution < 1.29 is 4.74 Å². The molecule has 2 rings (SSSR count). The van der Waals surface area contributed by atoms with Gasteiger partial charge < -0.3 is 10.5 Å². The molecule has 0 aliphatic carbocycles. The largest absolute Gasteiger partial charge is 0.398 e. The zero-order chi connectivity index (χ0) is 11.4. The summed E-state index contributed by atoms with van der Waals surface area (Å²) >= 11 is 1.74. The van der Waals surface area contributed by atoms with Crippen LogP contribution in [0.1, 0.15) is 18.4 Å². The van der Waals surface area contributed by atoms with Crippen molar-refractivity contribution in [1.82, 2.24) is 0 Å². The maximum atomic E-state index is 8.76. The molecule has 4 heteroatoms. The highest BCUT2D eigenvalue weighted by molar-refractivity contribution is 7.99. The Morgan fingerprint density at radius 2 is 2.44 bits per heavy atom. The predicted octanol–water partition coefficient (Wildman–Crippen LogP) is 2.41. The molecule has 1 aliphatic heterocycles. The van der Waals surface area contributed by atoms with Crippen LogP contribution in [0.15, 0.2) is 23.1 Å². The van der Waals surface area contributed by atoms with Crippen molar-refractivity contribution in [2.24, 2.45) is 0 Å². The molecule has 1 aromatic carbocycles. The van der Waals surface area contributed by atoms with E-state index in [4.69, 9.17) is 15.7 Å². The van der Waals surface area contributed by atoms with E-state index in [0.717, 1.165) is 23.7 Å². The number of nitrogen functional groups attached to an aromatic ring is 1. The first kappa shape index (κ1) is 11.3. The van der Waals surface area contributed by atoms with E-state index >= 15 is 0 Å². The molecule has 84 valence electrons. The molecule has 1 aromatic rings. The van der Waals surface area contributed by atoms with Gasteiger partial charge in [0.05, 0.1) is 17.4 Å². The Labute approximate surface area is 99.6 Å². The van der Waals surface area contributed by atoms with Crippen LogP contribution in [0.25, 0.3) is 0 Å². The summed E-state index contributed by atoms with van der Waals surface area (Å²) in [6, 6.07) is 7.63. The number of thioether (sulfide) groups is 1. The molecule has 0 bridgehead atoms. The standard InChI is InChI=1S/C12H14N2OS/c13-7-9-3-4-11(6-12(9)14)16-8-10-2-1-5-15-10/h3-4,6,10H,1-2,5,8,14H2. The van der Waals surface area contributed by atoms with Crippen LogP contribution < -0.4 is 5.73 Å². The molecule has 1 aliphatic rings. The summed E-state index contributed by atoms with van der Waals surface area (Å²) in [6.45, 7) is 0.890. The quantitative estimate of drug-likeness (QED) is 0.644. The van der Waals surface area contributed by atoms with Crippen LogP contribution in [0.2, 0.25) is 0 Å². The zero-order valence-electron chi connectivity index (χ0n) is 8.98. The van der Waals surface area contributed by atoms with Gasteiger partial charge in [0, 0.05) is 17.3 Å². The van der Waals surface area contributed by atoms with Gasteiger partial charge in [-0.3, -0.25) is 0 Å². The molecule has 0 saturated carbocycles. The van der Waals surface area contributed by atoms with Gasteiger partial charge in [-0.1, -0.05) is 0 Å². The molecule has 0 aromatic heterocycles. The smallest absolute Gasteiger partial charge is 0.101 e. The third kappa shape index (κ3) is 2.69. The summed E-state index contributed by atoms with van der Waals surface area (Å²) < 4.78 is 5.55. The first-order chi connectivity index (χ1) is 7.79. The minimum Gasteiger partial charge on any atom is -0.398 e. The van der Waals surface area contributed by atoms with Crippen LogP contribution in [0.3, 0.4) is 0 Å². The van der Waals surface area contributed by atoms with Crippen molar-refractivity contribution >= 4 is 17.4 Å². The first-order valence-electron chi connectivity index (χ1n) is 5.33. The van der Waals surface area contributed by atoms with Gasteiger partial charge in [-0.15, -0.1) is 11.8 Å². The molecule has 3 nitrogen and oxygen atoms in total. The number of nitrogens with zero attached hydrogens (tertiary/aromatic N) is 1. The lowest BCUT2D eigenvalue weighted by Gasteiger charge is -2.09. The Kier molecular flexibility index (Phi) is 3.70. The number of hydrogen-bond donors (Lipinski definition) is 1. The van der Waals surface area contributed by atoms with Gasteiger partial charge in [0.25, 0.3) is 0 Å². The second-order valence-electron chi connectivity index (χ2n) is 3.81. The van der Waals surface area contributed by atoms with Gasteiger partial charge in [-0.2, -0.15) is 5.26 Å². The number of benzene rings is 1. The van der Waals surface area contributed by atoms with Crippen molar-refractivity contribution in [3.63, 3.8) is 0 Å². The minimum absolute atomic E-state index is 0.377. The van der Waals surface area contributed by atoms with E-state index < -0.39 is 0 Å². The Morgan fingerprint density at radius 1 is 1.56 bits per heavy atom. The third-order valence-electron chi connectivity index (χ3n) is 2.60. The molecular formula is C12H14N2OS. The second kappa shape index (κ2) is 5.24. The Bertz CT molecular complexity index is 408. The fourth-order valence-electron chi connectivity index (χ4n) is 1.70. The highest BCUT2D eigenvalue weighted by Gasteiger charge is 2.15. The number of anilines is 1. The normalized spacial score (nSPS) is 19.6. The Hall–Kier alpha value is -1.18. The minimum atomic E-state index is 0.377. The maximum absolute atomic E-state index is 8.76. The first-order valence-corrected chi connectivity index (χ1v) is 6.32. The second-order valence-corrected chi connectivity index (χ2v) is 4.90. The molecule has 1 fully saturated rings. The molecule has 1 heterocycles. The summed E-state index contributed by atoms with van der Waals surface area (Å²) in [6.07, 6.45) is 2.70. The molecule has 0 amide bonds. The number of ether oxygens (including phenoxy) is 1. The highest BCUT2D eigenvalue weighted by Crippen LogP contribution is 2.26. The summed E-state index contributed by atoms with van der Waals surface area (Å²) in [5.74, 6) is 0.964. The Morgan fingerprint density at radius 3 is 3.06 bits per heavy atom.